The van der Waals surface area contributed by atoms with E-state index in [1.807, 2.05) is 0 Å². The van der Waals surface area contributed by atoms with E-state index in [0.29, 0.717) is 0 Å². The van der Waals surface area contributed by atoms with E-state index in [9.17, 15) is 35.7 Å². The highest BCUT2D eigenvalue weighted by Gasteiger charge is 2.59. The van der Waals surface area contributed by atoms with Gasteiger partial charge in [0.15, 0.2) is 5.92 Å². The van der Waals surface area contributed by atoms with Gasteiger partial charge in [0.25, 0.3) is 5.60 Å². The van der Waals surface area contributed by atoms with Crippen molar-refractivity contribution in [2.24, 2.45) is 5.92 Å². The molecule has 1 aliphatic heterocycles. The van der Waals surface area contributed by atoms with Crippen LogP contribution in [0.1, 0.15) is 13.3 Å². The first-order valence-corrected chi connectivity index (χ1v) is 8.55. The van der Waals surface area contributed by atoms with Crippen molar-refractivity contribution in [2.45, 2.75) is 49.1 Å². The molecule has 0 amide bonds. The number of rotatable bonds is 8. The van der Waals surface area contributed by atoms with Crippen LogP contribution in [0.4, 0.5) is 0 Å². The summed E-state index contributed by atoms with van der Waals surface area (Å²) < 4.78 is 15.7. The molecule has 0 bridgehead atoms. The molecule has 4 N–H and O–H groups in total. The van der Waals surface area contributed by atoms with Crippen LogP contribution in [0, 0.1) is 51.2 Å². The van der Waals surface area contributed by atoms with Crippen LogP contribution in [-0.2, 0) is 19.0 Å². The normalized spacial score (nSPS) is 28.5. The maximum atomic E-state index is 11.6. The fraction of sp³-hybridized carbons (Fsp3) is 0.611. The molecule has 0 saturated carbocycles. The second-order valence-corrected chi connectivity index (χ2v) is 6.50. The molecule has 1 aliphatic rings. The lowest BCUT2D eigenvalue weighted by molar-refractivity contribution is -0.382. The van der Waals surface area contributed by atoms with Crippen LogP contribution >= 0.6 is 0 Å². The van der Waals surface area contributed by atoms with Crippen molar-refractivity contribution in [3.63, 3.8) is 0 Å². The third-order valence-corrected chi connectivity index (χ3v) is 4.40. The number of aliphatic hydroxyl groups excluding tert-OH is 4. The van der Waals surface area contributed by atoms with Crippen LogP contribution in [0.25, 0.3) is 0 Å². The standard InChI is InChI=1S/C18H20N4O8/c1-10(2)16(27)28-4-3-18(15(26)14(25)13(24)12(7-23)29-18)30-17(8-21,9-22)11(5-19)6-20/h11-15,23-26H,1,3-4,7H2,2H3/t12-,13-,14+,15-,18?/m1/s1. The lowest BCUT2D eigenvalue weighted by Crippen LogP contribution is -2.68. The first kappa shape index (κ1) is 25.0. The molecule has 1 heterocycles. The molecular weight excluding hydrogens is 400 g/mol. The van der Waals surface area contributed by atoms with Crippen molar-refractivity contribution in [3.8, 4) is 24.3 Å². The minimum atomic E-state index is -2.79. The summed E-state index contributed by atoms with van der Waals surface area (Å²) in [5, 5.41) is 77.3. The van der Waals surface area contributed by atoms with Crippen LogP contribution in [0.15, 0.2) is 12.2 Å². The van der Waals surface area contributed by atoms with Gasteiger partial charge in [0, 0.05) is 12.0 Å². The molecule has 0 aromatic carbocycles. The van der Waals surface area contributed by atoms with Gasteiger partial charge in [-0.3, -0.25) is 0 Å². The summed E-state index contributed by atoms with van der Waals surface area (Å²) in [5.41, 5.74) is -2.75. The lowest BCUT2D eigenvalue weighted by Gasteiger charge is -2.49. The maximum absolute atomic E-state index is 11.6. The van der Waals surface area contributed by atoms with Crippen molar-refractivity contribution in [3.05, 3.63) is 12.2 Å². The minimum absolute atomic E-state index is 0.0381. The van der Waals surface area contributed by atoms with E-state index >= 15 is 0 Å². The number of aliphatic hydroxyl groups is 4. The number of carbonyl (C=O) groups excluding carboxylic acids is 1. The van der Waals surface area contributed by atoms with Gasteiger partial charge >= 0.3 is 5.97 Å². The number of esters is 1. The van der Waals surface area contributed by atoms with E-state index < -0.39 is 67.3 Å². The molecule has 0 aromatic heterocycles. The highest BCUT2D eigenvalue weighted by atomic mass is 16.7. The first-order chi connectivity index (χ1) is 14.1. The molecule has 30 heavy (non-hydrogen) atoms. The molecule has 1 fully saturated rings. The van der Waals surface area contributed by atoms with E-state index in [4.69, 9.17) is 24.7 Å². The highest BCUT2D eigenvalue weighted by Crippen LogP contribution is 2.39. The number of hydrogen-bond donors (Lipinski definition) is 4. The Morgan fingerprint density at radius 1 is 1.20 bits per heavy atom. The van der Waals surface area contributed by atoms with Gasteiger partial charge in [-0.05, 0) is 6.92 Å². The molecule has 160 valence electrons. The fourth-order valence-electron chi connectivity index (χ4n) is 2.70. The SMILES string of the molecule is C=C(C)C(=O)OCCC1(OC(C#N)(C#N)C(C#N)C#N)O[C@H](CO)[C@@H](O)[C@H](O)[C@H]1O. The number of nitrogens with zero attached hydrogens (tertiary/aromatic N) is 4. The van der Waals surface area contributed by atoms with E-state index in [-0.39, 0.29) is 5.57 Å². The molecule has 0 aliphatic carbocycles. The molecular formula is C18H20N4O8. The number of nitriles is 4. The highest BCUT2D eigenvalue weighted by molar-refractivity contribution is 5.86. The van der Waals surface area contributed by atoms with E-state index in [1.165, 1.54) is 31.2 Å². The Morgan fingerprint density at radius 2 is 1.77 bits per heavy atom. The zero-order valence-corrected chi connectivity index (χ0v) is 15.9. The number of ether oxygens (including phenoxy) is 3. The summed E-state index contributed by atoms with van der Waals surface area (Å²) in [6.07, 6.45) is -8.04. The topological polar surface area (TPSA) is 221 Å². The third kappa shape index (κ3) is 4.73. The number of hydrogen-bond acceptors (Lipinski definition) is 12. The minimum Gasteiger partial charge on any atom is -0.462 e. The van der Waals surface area contributed by atoms with Crippen LogP contribution < -0.4 is 0 Å². The van der Waals surface area contributed by atoms with Gasteiger partial charge in [0.2, 0.25) is 5.79 Å². The predicted molar refractivity (Wildman–Crippen MR) is 92.9 cm³/mol. The molecule has 0 spiro atoms. The Morgan fingerprint density at radius 3 is 2.20 bits per heavy atom. The quantitative estimate of drug-likeness (QED) is 0.250. The van der Waals surface area contributed by atoms with Crippen LogP contribution in [0.2, 0.25) is 0 Å². The Kier molecular flexibility index (Phi) is 8.41. The van der Waals surface area contributed by atoms with Crippen LogP contribution in [0.3, 0.4) is 0 Å². The molecule has 0 radical (unpaired) electrons. The monoisotopic (exact) mass is 420 g/mol. The average molecular weight is 420 g/mol. The summed E-state index contributed by atoms with van der Waals surface area (Å²) in [6.45, 7) is 3.34. The van der Waals surface area contributed by atoms with Crippen molar-refractivity contribution >= 4 is 5.97 Å². The second kappa shape index (κ2) is 10.1. The van der Waals surface area contributed by atoms with Gasteiger partial charge in [-0.15, -0.1) is 0 Å². The molecule has 0 aromatic rings. The summed E-state index contributed by atoms with van der Waals surface area (Å²) in [6, 6.07) is 5.62. The Hall–Kier alpha value is -3.07. The van der Waals surface area contributed by atoms with Gasteiger partial charge in [-0.1, -0.05) is 6.58 Å². The summed E-state index contributed by atoms with van der Waals surface area (Å²) in [7, 11) is 0. The van der Waals surface area contributed by atoms with E-state index in [2.05, 4.69) is 6.58 Å². The van der Waals surface area contributed by atoms with Gasteiger partial charge in [0.1, 0.15) is 36.6 Å². The van der Waals surface area contributed by atoms with Crippen molar-refractivity contribution in [2.75, 3.05) is 13.2 Å². The van der Waals surface area contributed by atoms with Gasteiger partial charge in [-0.25, -0.2) is 4.79 Å². The largest absolute Gasteiger partial charge is 0.462 e. The predicted octanol–water partition coefficient (Wildman–Crippen LogP) is -1.87. The molecule has 5 atom stereocenters. The molecule has 1 unspecified atom stereocenters. The van der Waals surface area contributed by atoms with Gasteiger partial charge in [-0.2, -0.15) is 21.0 Å². The smallest absolute Gasteiger partial charge is 0.333 e. The molecule has 1 saturated heterocycles. The Bertz CT molecular complexity index is 805. The average Bonchev–Trinajstić information content (AvgIpc) is 2.74. The van der Waals surface area contributed by atoms with Crippen LogP contribution in [0.5, 0.6) is 0 Å². The first-order valence-electron chi connectivity index (χ1n) is 8.55. The zero-order valence-electron chi connectivity index (χ0n) is 15.9. The van der Waals surface area contributed by atoms with Gasteiger partial charge < -0.3 is 34.6 Å². The van der Waals surface area contributed by atoms with Gasteiger partial charge in [0.05, 0.1) is 25.4 Å². The Labute approximate surface area is 171 Å². The van der Waals surface area contributed by atoms with Crippen molar-refractivity contribution in [1.82, 2.24) is 0 Å². The van der Waals surface area contributed by atoms with Crippen molar-refractivity contribution in [1.29, 1.82) is 21.0 Å². The summed E-state index contributed by atoms with van der Waals surface area (Å²) in [5.74, 6) is -5.30. The van der Waals surface area contributed by atoms with E-state index in [1.54, 1.807) is 0 Å². The zero-order chi connectivity index (χ0) is 23.1. The second-order valence-electron chi connectivity index (χ2n) is 6.50. The maximum Gasteiger partial charge on any atom is 0.333 e. The van der Waals surface area contributed by atoms with E-state index in [0.717, 1.165) is 0 Å². The number of carbonyl (C=O) groups is 1. The Balaban J connectivity index is 3.43. The third-order valence-electron chi connectivity index (χ3n) is 4.40. The molecule has 12 nitrogen and oxygen atoms in total. The lowest BCUT2D eigenvalue weighted by atomic mass is 9.87. The summed E-state index contributed by atoms with van der Waals surface area (Å²) in [4.78, 5) is 11.6. The molecule has 1 rings (SSSR count). The van der Waals surface area contributed by atoms with Crippen LogP contribution in [-0.4, -0.2) is 75.4 Å². The van der Waals surface area contributed by atoms with Crippen molar-refractivity contribution < 1.29 is 39.4 Å². The molecule has 12 heteroatoms. The fourth-order valence-corrected chi connectivity index (χ4v) is 2.70. The summed E-state index contributed by atoms with van der Waals surface area (Å²) >= 11 is 0.